The van der Waals surface area contributed by atoms with E-state index >= 15 is 0 Å². The van der Waals surface area contributed by atoms with Gasteiger partial charge in [0.15, 0.2) is 0 Å². The van der Waals surface area contributed by atoms with Crippen LogP contribution in [0.25, 0.3) is 0 Å². The van der Waals surface area contributed by atoms with Crippen molar-refractivity contribution in [3.8, 4) is 0 Å². The smallest absolute Gasteiger partial charge is 0.354 e. The van der Waals surface area contributed by atoms with Gasteiger partial charge < -0.3 is 10.6 Å². The molecular formula is C20H21F3N2O. The average Bonchev–Trinajstić information content (AvgIpc) is 2.64. The molecule has 6 heteroatoms. The normalized spacial score (nSPS) is 18.0. The van der Waals surface area contributed by atoms with E-state index in [-0.39, 0.29) is 18.2 Å². The summed E-state index contributed by atoms with van der Waals surface area (Å²) >= 11 is 0. The Labute approximate surface area is 150 Å². The number of carbonyl (C=O) groups excluding carboxylic acids is 1. The van der Waals surface area contributed by atoms with Crippen LogP contribution in [0.1, 0.15) is 35.1 Å². The van der Waals surface area contributed by atoms with Crippen molar-refractivity contribution in [1.29, 1.82) is 0 Å². The Morgan fingerprint density at radius 2 is 1.81 bits per heavy atom. The molecule has 3 nitrogen and oxygen atoms in total. The number of carbonyl (C=O) groups is 1. The molecule has 1 aliphatic rings. The van der Waals surface area contributed by atoms with Crippen LogP contribution in [0, 0.1) is 0 Å². The van der Waals surface area contributed by atoms with Gasteiger partial charge in [0.05, 0.1) is 5.92 Å². The predicted molar refractivity (Wildman–Crippen MR) is 93.8 cm³/mol. The first-order chi connectivity index (χ1) is 12.4. The number of benzene rings is 2. The first kappa shape index (κ1) is 18.5. The molecule has 0 bridgehead atoms. The fourth-order valence-corrected chi connectivity index (χ4v) is 3.36. The first-order valence-electron chi connectivity index (χ1n) is 8.64. The lowest BCUT2D eigenvalue weighted by Gasteiger charge is -2.27. The molecule has 2 N–H and O–H groups in total. The largest absolute Gasteiger partial charge is 0.396 e. The summed E-state index contributed by atoms with van der Waals surface area (Å²) in [5.74, 6) is -2.39. The summed E-state index contributed by atoms with van der Waals surface area (Å²) in [5, 5.41) is 5.97. The number of halogens is 3. The summed E-state index contributed by atoms with van der Waals surface area (Å²) in [6.07, 6.45) is -4.17. The molecule has 1 aliphatic heterocycles. The van der Waals surface area contributed by atoms with Crippen LogP contribution in [0.15, 0.2) is 54.6 Å². The van der Waals surface area contributed by atoms with Crippen LogP contribution < -0.4 is 10.6 Å². The summed E-state index contributed by atoms with van der Waals surface area (Å²) in [6, 6.07) is 15.4. The molecule has 1 heterocycles. The van der Waals surface area contributed by atoms with Crippen LogP contribution in [-0.2, 0) is 11.2 Å². The molecular weight excluding hydrogens is 341 g/mol. The Bertz CT molecular complexity index is 746. The zero-order chi connectivity index (χ0) is 18.6. The molecule has 0 spiro atoms. The van der Waals surface area contributed by atoms with Gasteiger partial charge in [0.2, 0.25) is 5.91 Å². The summed E-state index contributed by atoms with van der Waals surface area (Å²) in [5.41, 5.74) is 2.41. The van der Waals surface area contributed by atoms with Crippen molar-refractivity contribution in [2.24, 2.45) is 0 Å². The van der Waals surface area contributed by atoms with Crippen molar-refractivity contribution in [2.45, 2.75) is 31.0 Å². The van der Waals surface area contributed by atoms with Gasteiger partial charge >= 0.3 is 6.18 Å². The minimum absolute atomic E-state index is 0.0787. The zero-order valence-electron chi connectivity index (χ0n) is 14.2. The van der Waals surface area contributed by atoms with Gasteiger partial charge in [0, 0.05) is 19.0 Å². The molecule has 1 amide bonds. The topological polar surface area (TPSA) is 41.1 Å². The molecule has 3 rings (SSSR count). The molecule has 26 heavy (non-hydrogen) atoms. The summed E-state index contributed by atoms with van der Waals surface area (Å²) < 4.78 is 40.1. The van der Waals surface area contributed by atoms with Gasteiger partial charge in [-0.25, -0.2) is 0 Å². The first-order valence-corrected chi connectivity index (χ1v) is 8.64. The number of rotatable bonds is 5. The summed E-state index contributed by atoms with van der Waals surface area (Å²) in [6.45, 7) is 1.06. The molecule has 2 aromatic rings. The van der Waals surface area contributed by atoms with Crippen LogP contribution in [0.3, 0.4) is 0 Å². The monoisotopic (exact) mass is 362 g/mol. The van der Waals surface area contributed by atoms with E-state index in [0.29, 0.717) is 0 Å². The summed E-state index contributed by atoms with van der Waals surface area (Å²) in [7, 11) is 0. The lowest BCUT2D eigenvalue weighted by molar-refractivity contribution is -0.157. The number of nitrogens with one attached hydrogen (secondary N) is 2. The van der Waals surface area contributed by atoms with Crippen LogP contribution >= 0.6 is 0 Å². The number of amides is 1. The Kier molecular flexibility index (Phi) is 5.61. The van der Waals surface area contributed by atoms with E-state index in [1.807, 2.05) is 24.3 Å². The third kappa shape index (κ3) is 4.43. The maximum atomic E-state index is 13.4. The lowest BCUT2D eigenvalue weighted by atomic mass is 9.93. The van der Waals surface area contributed by atoms with E-state index in [1.165, 1.54) is 17.7 Å². The Balaban J connectivity index is 1.63. The Morgan fingerprint density at radius 3 is 2.54 bits per heavy atom. The molecule has 2 unspecified atom stereocenters. The van der Waals surface area contributed by atoms with Crippen LogP contribution in [-0.4, -0.2) is 25.2 Å². The van der Waals surface area contributed by atoms with Gasteiger partial charge in [-0.05, 0) is 29.7 Å². The average molecular weight is 362 g/mol. The molecule has 2 atom stereocenters. The standard InChI is InChI=1S/C20H21F3N2O/c21-20(22,23)17(15-7-2-1-3-8-15)12-19(26)25-13-18-16-9-5-4-6-14(16)10-11-24-18/h1-9,17-18,24H,10-13H2,(H,25,26). The molecule has 0 fully saturated rings. The van der Waals surface area contributed by atoms with Gasteiger partial charge in [-0.3, -0.25) is 4.79 Å². The Hall–Kier alpha value is -2.34. The van der Waals surface area contributed by atoms with Gasteiger partial charge in [0.25, 0.3) is 0 Å². The second-order valence-electron chi connectivity index (χ2n) is 6.47. The van der Waals surface area contributed by atoms with Crippen molar-refractivity contribution in [3.05, 3.63) is 71.3 Å². The van der Waals surface area contributed by atoms with Gasteiger partial charge in [-0.2, -0.15) is 13.2 Å². The second-order valence-corrected chi connectivity index (χ2v) is 6.47. The SMILES string of the molecule is O=C(CC(c1ccccc1)C(F)(F)F)NCC1NCCc2ccccc21. The molecule has 0 saturated carbocycles. The van der Waals surface area contributed by atoms with Gasteiger partial charge in [-0.1, -0.05) is 54.6 Å². The van der Waals surface area contributed by atoms with Gasteiger partial charge in [-0.15, -0.1) is 0 Å². The molecule has 2 aromatic carbocycles. The molecule has 0 saturated heterocycles. The number of alkyl halides is 3. The molecule has 0 aliphatic carbocycles. The van der Waals surface area contributed by atoms with E-state index in [1.54, 1.807) is 18.2 Å². The number of hydrogen-bond donors (Lipinski definition) is 2. The van der Waals surface area contributed by atoms with E-state index in [9.17, 15) is 18.0 Å². The highest BCUT2D eigenvalue weighted by atomic mass is 19.4. The third-order valence-electron chi connectivity index (χ3n) is 4.71. The van der Waals surface area contributed by atoms with E-state index in [4.69, 9.17) is 0 Å². The van der Waals surface area contributed by atoms with Crippen molar-refractivity contribution < 1.29 is 18.0 Å². The fraction of sp³-hybridized carbons (Fsp3) is 0.350. The second kappa shape index (κ2) is 7.91. The number of hydrogen-bond acceptors (Lipinski definition) is 2. The quantitative estimate of drug-likeness (QED) is 0.851. The van der Waals surface area contributed by atoms with E-state index in [2.05, 4.69) is 10.6 Å². The molecule has 0 radical (unpaired) electrons. The zero-order valence-corrected chi connectivity index (χ0v) is 14.2. The minimum atomic E-state index is -4.46. The van der Waals surface area contributed by atoms with E-state index in [0.717, 1.165) is 18.5 Å². The molecule has 0 aromatic heterocycles. The minimum Gasteiger partial charge on any atom is -0.354 e. The van der Waals surface area contributed by atoms with Crippen LogP contribution in [0.5, 0.6) is 0 Å². The van der Waals surface area contributed by atoms with Crippen molar-refractivity contribution in [3.63, 3.8) is 0 Å². The highest BCUT2D eigenvalue weighted by molar-refractivity contribution is 5.77. The fourth-order valence-electron chi connectivity index (χ4n) is 3.36. The van der Waals surface area contributed by atoms with Crippen molar-refractivity contribution in [2.75, 3.05) is 13.1 Å². The predicted octanol–water partition coefficient (Wildman–Crippen LogP) is 3.73. The molecule has 138 valence electrons. The summed E-state index contributed by atoms with van der Waals surface area (Å²) in [4.78, 5) is 12.2. The highest BCUT2D eigenvalue weighted by Crippen LogP contribution is 2.37. The van der Waals surface area contributed by atoms with Crippen LogP contribution in [0.2, 0.25) is 0 Å². The maximum absolute atomic E-state index is 13.4. The number of fused-ring (bicyclic) bond motifs is 1. The van der Waals surface area contributed by atoms with Crippen molar-refractivity contribution >= 4 is 5.91 Å². The van der Waals surface area contributed by atoms with E-state index < -0.39 is 24.4 Å². The highest BCUT2D eigenvalue weighted by Gasteiger charge is 2.41. The van der Waals surface area contributed by atoms with Crippen molar-refractivity contribution in [1.82, 2.24) is 10.6 Å². The maximum Gasteiger partial charge on any atom is 0.396 e. The third-order valence-corrected chi connectivity index (χ3v) is 4.71. The lowest BCUT2D eigenvalue weighted by Crippen LogP contribution is -2.39. The Morgan fingerprint density at radius 1 is 1.12 bits per heavy atom. The van der Waals surface area contributed by atoms with Crippen LogP contribution in [0.4, 0.5) is 13.2 Å². The van der Waals surface area contributed by atoms with Gasteiger partial charge in [0.1, 0.15) is 0 Å².